The molecule has 0 spiro atoms. The van der Waals surface area contributed by atoms with E-state index in [1.807, 2.05) is 24.3 Å². The van der Waals surface area contributed by atoms with E-state index in [4.69, 9.17) is 11.5 Å². The molecular formula is C16H22N2Si. The molecule has 0 fully saturated rings. The number of nitrogens with two attached hydrogens (primary N) is 2. The maximum absolute atomic E-state index is 5.81. The van der Waals surface area contributed by atoms with Crippen LogP contribution in [0.3, 0.4) is 0 Å². The molecule has 19 heavy (non-hydrogen) atoms. The topological polar surface area (TPSA) is 52.0 Å². The van der Waals surface area contributed by atoms with Gasteiger partial charge in [0.05, 0.1) is 0 Å². The van der Waals surface area contributed by atoms with Gasteiger partial charge < -0.3 is 11.5 Å². The van der Waals surface area contributed by atoms with Crippen LogP contribution in [-0.2, 0) is 0 Å². The van der Waals surface area contributed by atoms with Crippen molar-refractivity contribution >= 4 is 29.8 Å². The van der Waals surface area contributed by atoms with Crippen LogP contribution in [0.15, 0.2) is 48.5 Å². The monoisotopic (exact) mass is 270 g/mol. The Kier molecular flexibility index (Phi) is 3.95. The Morgan fingerprint density at radius 1 is 0.684 bits per heavy atom. The maximum atomic E-state index is 5.81. The summed E-state index contributed by atoms with van der Waals surface area (Å²) in [5.74, 6) is 0. The SMILES string of the molecule is CC[Si](CC)(c1ccc(N)cc1)c1ccc(N)cc1. The Balaban J connectivity index is 2.53. The lowest BCUT2D eigenvalue weighted by Gasteiger charge is -2.31. The molecule has 0 unspecified atom stereocenters. The predicted molar refractivity (Wildman–Crippen MR) is 87.7 cm³/mol. The summed E-state index contributed by atoms with van der Waals surface area (Å²) in [7, 11) is -1.65. The van der Waals surface area contributed by atoms with Crippen LogP contribution in [0, 0.1) is 0 Å². The van der Waals surface area contributed by atoms with Crippen LogP contribution in [0.1, 0.15) is 13.8 Å². The Hall–Kier alpha value is -1.74. The number of nitrogen functional groups attached to an aromatic ring is 2. The van der Waals surface area contributed by atoms with E-state index in [2.05, 4.69) is 38.1 Å². The van der Waals surface area contributed by atoms with Gasteiger partial charge in [-0.05, 0) is 24.3 Å². The van der Waals surface area contributed by atoms with Gasteiger partial charge in [-0.3, -0.25) is 0 Å². The molecule has 0 amide bonds. The molecular weight excluding hydrogens is 248 g/mol. The quantitative estimate of drug-likeness (QED) is 0.662. The molecule has 0 bridgehead atoms. The van der Waals surface area contributed by atoms with Crippen molar-refractivity contribution in [3.63, 3.8) is 0 Å². The summed E-state index contributed by atoms with van der Waals surface area (Å²) >= 11 is 0. The zero-order valence-electron chi connectivity index (χ0n) is 11.7. The van der Waals surface area contributed by atoms with Crippen molar-refractivity contribution in [2.24, 2.45) is 0 Å². The number of rotatable bonds is 4. The van der Waals surface area contributed by atoms with Gasteiger partial charge in [0.2, 0.25) is 0 Å². The first kappa shape index (κ1) is 13.7. The highest BCUT2D eigenvalue weighted by Crippen LogP contribution is 2.17. The van der Waals surface area contributed by atoms with Crippen LogP contribution in [0.2, 0.25) is 12.1 Å². The van der Waals surface area contributed by atoms with Gasteiger partial charge in [-0.25, -0.2) is 0 Å². The van der Waals surface area contributed by atoms with Gasteiger partial charge in [0, 0.05) is 11.4 Å². The summed E-state index contributed by atoms with van der Waals surface area (Å²) < 4.78 is 0. The largest absolute Gasteiger partial charge is 0.399 e. The standard InChI is InChI=1S/C16H22N2Si/c1-3-19(4-2,15-9-5-13(17)6-10-15)16-11-7-14(18)8-12-16/h5-12H,3-4,17-18H2,1-2H3. The lowest BCUT2D eigenvalue weighted by atomic mass is 10.3. The van der Waals surface area contributed by atoms with E-state index in [9.17, 15) is 0 Å². The minimum absolute atomic E-state index is 0.830. The summed E-state index contributed by atoms with van der Waals surface area (Å²) in [6, 6.07) is 19.2. The zero-order valence-corrected chi connectivity index (χ0v) is 12.7. The second-order valence-corrected chi connectivity index (χ2v) is 9.77. The van der Waals surface area contributed by atoms with E-state index in [-0.39, 0.29) is 0 Å². The maximum Gasteiger partial charge on any atom is 0.117 e. The molecule has 0 aromatic heterocycles. The summed E-state index contributed by atoms with van der Waals surface area (Å²) in [5, 5.41) is 2.91. The van der Waals surface area contributed by atoms with Crippen LogP contribution >= 0.6 is 0 Å². The molecule has 0 saturated carbocycles. The number of hydrogen-bond acceptors (Lipinski definition) is 2. The van der Waals surface area contributed by atoms with E-state index < -0.39 is 8.07 Å². The van der Waals surface area contributed by atoms with Crippen LogP contribution in [0.4, 0.5) is 11.4 Å². The van der Waals surface area contributed by atoms with Gasteiger partial charge in [0.15, 0.2) is 0 Å². The van der Waals surface area contributed by atoms with Crippen molar-refractivity contribution in [1.29, 1.82) is 0 Å². The molecule has 100 valence electrons. The Morgan fingerprint density at radius 3 is 1.26 bits per heavy atom. The normalized spacial score (nSPS) is 11.5. The molecule has 2 aromatic carbocycles. The highest BCUT2D eigenvalue weighted by molar-refractivity contribution is 7.02. The summed E-state index contributed by atoms with van der Waals surface area (Å²) in [6.07, 6.45) is 0. The summed E-state index contributed by atoms with van der Waals surface area (Å²) in [5.41, 5.74) is 13.3. The lowest BCUT2D eigenvalue weighted by Crippen LogP contribution is -2.57. The molecule has 0 aliphatic heterocycles. The fourth-order valence-electron chi connectivity index (χ4n) is 2.84. The van der Waals surface area contributed by atoms with Gasteiger partial charge in [-0.1, -0.05) is 60.6 Å². The molecule has 2 aromatic rings. The second-order valence-electron chi connectivity index (χ2n) is 5.03. The molecule has 0 saturated heterocycles. The van der Waals surface area contributed by atoms with Crippen molar-refractivity contribution in [3.8, 4) is 0 Å². The van der Waals surface area contributed by atoms with Crippen molar-refractivity contribution in [1.82, 2.24) is 0 Å². The third-order valence-corrected chi connectivity index (χ3v) is 9.42. The molecule has 0 radical (unpaired) electrons. The van der Waals surface area contributed by atoms with Crippen LogP contribution in [0.5, 0.6) is 0 Å². The molecule has 4 N–H and O–H groups in total. The lowest BCUT2D eigenvalue weighted by molar-refractivity contribution is 1.29. The van der Waals surface area contributed by atoms with E-state index in [0.717, 1.165) is 11.4 Å². The number of hydrogen-bond donors (Lipinski definition) is 2. The van der Waals surface area contributed by atoms with E-state index in [1.54, 1.807) is 0 Å². The van der Waals surface area contributed by atoms with Gasteiger partial charge in [-0.15, -0.1) is 0 Å². The predicted octanol–water partition coefficient (Wildman–Crippen LogP) is 2.45. The molecule has 3 heteroatoms. The Morgan fingerprint density at radius 2 is 1.00 bits per heavy atom. The zero-order chi connectivity index (χ0) is 13.9. The summed E-state index contributed by atoms with van der Waals surface area (Å²) in [6.45, 7) is 4.59. The Bertz CT molecular complexity index is 480. The molecule has 2 rings (SSSR count). The van der Waals surface area contributed by atoms with Gasteiger partial charge in [0.25, 0.3) is 0 Å². The molecule has 0 aliphatic rings. The van der Waals surface area contributed by atoms with Gasteiger partial charge >= 0.3 is 0 Å². The van der Waals surface area contributed by atoms with Crippen LogP contribution in [0.25, 0.3) is 0 Å². The molecule has 0 aliphatic carbocycles. The third-order valence-electron chi connectivity index (χ3n) is 4.13. The fraction of sp³-hybridized carbons (Fsp3) is 0.250. The van der Waals surface area contributed by atoms with Gasteiger partial charge in [0.1, 0.15) is 8.07 Å². The smallest absolute Gasteiger partial charge is 0.117 e. The van der Waals surface area contributed by atoms with Crippen LogP contribution in [-0.4, -0.2) is 8.07 Å². The van der Waals surface area contributed by atoms with E-state index in [1.165, 1.54) is 22.5 Å². The first-order chi connectivity index (χ1) is 9.12. The first-order valence-electron chi connectivity index (χ1n) is 6.84. The van der Waals surface area contributed by atoms with E-state index >= 15 is 0 Å². The van der Waals surface area contributed by atoms with Crippen molar-refractivity contribution < 1.29 is 0 Å². The fourth-order valence-corrected chi connectivity index (χ4v) is 6.91. The van der Waals surface area contributed by atoms with Crippen LogP contribution < -0.4 is 21.8 Å². The third kappa shape index (κ3) is 2.51. The summed E-state index contributed by atoms with van der Waals surface area (Å²) in [4.78, 5) is 0. The molecule has 2 nitrogen and oxygen atoms in total. The van der Waals surface area contributed by atoms with Crippen molar-refractivity contribution in [3.05, 3.63) is 48.5 Å². The minimum Gasteiger partial charge on any atom is -0.399 e. The number of benzene rings is 2. The van der Waals surface area contributed by atoms with Crippen molar-refractivity contribution in [2.75, 3.05) is 11.5 Å². The van der Waals surface area contributed by atoms with Gasteiger partial charge in [-0.2, -0.15) is 0 Å². The highest BCUT2D eigenvalue weighted by Gasteiger charge is 2.33. The first-order valence-corrected chi connectivity index (χ1v) is 9.26. The average molecular weight is 270 g/mol. The number of anilines is 2. The Labute approximate surface area is 116 Å². The average Bonchev–Trinajstić information content (AvgIpc) is 2.44. The van der Waals surface area contributed by atoms with Crippen molar-refractivity contribution in [2.45, 2.75) is 25.9 Å². The highest BCUT2D eigenvalue weighted by atomic mass is 28.3. The second kappa shape index (κ2) is 5.49. The molecule has 0 atom stereocenters. The van der Waals surface area contributed by atoms with E-state index in [0.29, 0.717) is 0 Å². The minimum atomic E-state index is -1.65. The molecule has 0 heterocycles.